The van der Waals surface area contributed by atoms with Crippen LogP contribution in [0, 0.1) is 5.92 Å². The van der Waals surface area contributed by atoms with Crippen molar-refractivity contribution in [2.24, 2.45) is 5.92 Å². The zero-order valence-corrected chi connectivity index (χ0v) is 13.9. The van der Waals surface area contributed by atoms with Crippen LogP contribution in [0.2, 0.25) is 0 Å². The van der Waals surface area contributed by atoms with E-state index in [4.69, 9.17) is 5.73 Å². The largest absolute Gasteiger partial charge is 0.383 e. The average molecular weight is 302 g/mol. The first-order valence-corrected chi connectivity index (χ1v) is 8.92. The van der Waals surface area contributed by atoms with Gasteiger partial charge in [0.15, 0.2) is 20.6 Å². The molecule has 2 N–H and O–H groups in total. The van der Waals surface area contributed by atoms with Crippen LogP contribution < -0.4 is 10.6 Å². The highest BCUT2D eigenvalue weighted by Crippen LogP contribution is 2.30. The first-order chi connectivity index (χ1) is 9.22. The van der Waals surface area contributed by atoms with Crippen LogP contribution in [-0.2, 0) is 16.4 Å². The fourth-order valence-corrected chi connectivity index (χ4v) is 3.07. The van der Waals surface area contributed by atoms with E-state index in [9.17, 15) is 8.42 Å². The van der Waals surface area contributed by atoms with Crippen molar-refractivity contribution in [3.05, 3.63) is 0 Å². The van der Waals surface area contributed by atoms with E-state index in [0.717, 1.165) is 6.42 Å². The molecule has 0 amide bonds. The van der Waals surface area contributed by atoms with Gasteiger partial charge in [-0.3, -0.25) is 0 Å². The van der Waals surface area contributed by atoms with Gasteiger partial charge in [0.1, 0.15) is 5.82 Å². The Morgan fingerprint density at radius 3 is 2.25 bits per heavy atom. The minimum Gasteiger partial charge on any atom is -0.383 e. The Labute approximate surface area is 121 Å². The molecule has 20 heavy (non-hydrogen) atoms. The molecule has 1 heterocycles. The van der Waals surface area contributed by atoms with Gasteiger partial charge >= 0.3 is 0 Å². The molecular weight excluding hydrogens is 276 g/mol. The standard InChI is InChI=1S/C13H26N4O2S/c1-6-16(7-2)13-11(20(5,18)19)12(14)17(15-13)9-8-10(3)4/h10H,6-9,14H2,1-5H3. The van der Waals surface area contributed by atoms with E-state index in [1.807, 2.05) is 18.7 Å². The average Bonchev–Trinajstić information content (AvgIpc) is 2.65. The smallest absolute Gasteiger partial charge is 0.182 e. The molecule has 1 rings (SSSR count). The van der Waals surface area contributed by atoms with Gasteiger partial charge in [-0.15, -0.1) is 0 Å². The summed E-state index contributed by atoms with van der Waals surface area (Å²) in [7, 11) is -3.40. The number of aromatic nitrogens is 2. The monoisotopic (exact) mass is 302 g/mol. The Kier molecular flexibility index (Phi) is 5.44. The van der Waals surface area contributed by atoms with Gasteiger partial charge in [-0.05, 0) is 26.2 Å². The maximum absolute atomic E-state index is 12.0. The van der Waals surface area contributed by atoms with Crippen LogP contribution in [-0.4, -0.2) is 37.5 Å². The zero-order chi connectivity index (χ0) is 15.5. The van der Waals surface area contributed by atoms with E-state index in [1.54, 1.807) is 4.68 Å². The molecule has 0 radical (unpaired) electrons. The van der Waals surface area contributed by atoms with Crippen LogP contribution >= 0.6 is 0 Å². The predicted octanol–water partition coefficient (Wildman–Crippen LogP) is 1.76. The summed E-state index contributed by atoms with van der Waals surface area (Å²) >= 11 is 0. The summed E-state index contributed by atoms with van der Waals surface area (Å²) in [5.74, 6) is 1.23. The number of nitrogens with zero attached hydrogens (tertiary/aromatic N) is 3. The lowest BCUT2D eigenvalue weighted by molar-refractivity contribution is 0.490. The lowest BCUT2D eigenvalue weighted by Crippen LogP contribution is -2.24. The van der Waals surface area contributed by atoms with E-state index < -0.39 is 9.84 Å². The second-order valence-corrected chi connectivity index (χ2v) is 7.34. The van der Waals surface area contributed by atoms with Crippen molar-refractivity contribution in [2.75, 3.05) is 30.0 Å². The number of aryl methyl sites for hydroxylation is 1. The number of anilines is 2. The highest BCUT2D eigenvalue weighted by Gasteiger charge is 2.26. The van der Waals surface area contributed by atoms with Gasteiger partial charge in [0, 0.05) is 25.9 Å². The Morgan fingerprint density at radius 2 is 1.85 bits per heavy atom. The van der Waals surface area contributed by atoms with Crippen LogP contribution in [0.3, 0.4) is 0 Å². The highest BCUT2D eigenvalue weighted by molar-refractivity contribution is 7.91. The molecule has 0 aliphatic rings. The quantitative estimate of drug-likeness (QED) is 0.830. The molecule has 1 aromatic rings. The normalized spacial score (nSPS) is 12.1. The van der Waals surface area contributed by atoms with Crippen LogP contribution in [0.1, 0.15) is 34.1 Å². The lowest BCUT2D eigenvalue weighted by atomic mass is 10.1. The van der Waals surface area contributed by atoms with Crippen molar-refractivity contribution in [1.82, 2.24) is 9.78 Å². The fraction of sp³-hybridized carbons (Fsp3) is 0.769. The van der Waals surface area contributed by atoms with Gasteiger partial charge in [0.2, 0.25) is 0 Å². The van der Waals surface area contributed by atoms with Gasteiger partial charge in [0.05, 0.1) is 0 Å². The van der Waals surface area contributed by atoms with E-state index in [0.29, 0.717) is 31.4 Å². The maximum Gasteiger partial charge on any atom is 0.182 e. The Morgan fingerprint density at radius 1 is 1.30 bits per heavy atom. The summed E-state index contributed by atoms with van der Waals surface area (Å²) < 4.78 is 25.6. The summed E-state index contributed by atoms with van der Waals surface area (Å²) in [5, 5.41) is 4.43. The molecule has 0 aromatic carbocycles. The number of rotatable bonds is 7. The van der Waals surface area contributed by atoms with Crippen molar-refractivity contribution in [3.8, 4) is 0 Å². The first kappa shape index (κ1) is 16.8. The summed E-state index contributed by atoms with van der Waals surface area (Å²) in [6.45, 7) is 10.2. The molecule has 0 spiro atoms. The molecule has 116 valence electrons. The number of nitrogen functional groups attached to an aromatic ring is 1. The lowest BCUT2D eigenvalue weighted by Gasteiger charge is -2.18. The Bertz CT molecular complexity index is 545. The van der Waals surface area contributed by atoms with Crippen LogP contribution in [0.5, 0.6) is 0 Å². The number of nitrogens with two attached hydrogens (primary N) is 1. The van der Waals surface area contributed by atoms with Gasteiger partial charge in [-0.25, -0.2) is 13.1 Å². The predicted molar refractivity (Wildman–Crippen MR) is 82.8 cm³/mol. The van der Waals surface area contributed by atoms with Crippen molar-refractivity contribution in [1.29, 1.82) is 0 Å². The molecule has 0 fully saturated rings. The van der Waals surface area contributed by atoms with Crippen molar-refractivity contribution >= 4 is 21.5 Å². The molecule has 6 nitrogen and oxygen atoms in total. The number of hydrogen-bond donors (Lipinski definition) is 1. The number of hydrogen-bond acceptors (Lipinski definition) is 5. The molecule has 0 atom stereocenters. The molecule has 7 heteroatoms. The fourth-order valence-electron chi connectivity index (χ4n) is 2.08. The zero-order valence-electron chi connectivity index (χ0n) is 13.0. The molecule has 0 saturated carbocycles. The maximum atomic E-state index is 12.0. The van der Waals surface area contributed by atoms with E-state index >= 15 is 0 Å². The Hall–Kier alpha value is -1.24. The molecule has 0 bridgehead atoms. The van der Waals surface area contributed by atoms with Crippen molar-refractivity contribution in [2.45, 2.75) is 45.6 Å². The topological polar surface area (TPSA) is 81.2 Å². The highest BCUT2D eigenvalue weighted by atomic mass is 32.2. The molecular formula is C13H26N4O2S. The SMILES string of the molecule is CCN(CC)c1nn(CCC(C)C)c(N)c1S(C)(=O)=O. The summed E-state index contributed by atoms with van der Waals surface area (Å²) in [5.41, 5.74) is 6.02. The third-order valence-electron chi connectivity index (χ3n) is 3.28. The van der Waals surface area contributed by atoms with E-state index in [2.05, 4.69) is 18.9 Å². The molecule has 0 saturated heterocycles. The van der Waals surface area contributed by atoms with Gasteiger partial charge < -0.3 is 10.6 Å². The third kappa shape index (κ3) is 3.65. The number of sulfone groups is 1. The van der Waals surface area contributed by atoms with Gasteiger partial charge in [-0.2, -0.15) is 5.10 Å². The summed E-state index contributed by atoms with van der Waals surface area (Å²) in [6, 6.07) is 0. The van der Waals surface area contributed by atoms with Crippen LogP contribution in [0.25, 0.3) is 0 Å². The van der Waals surface area contributed by atoms with Gasteiger partial charge in [0.25, 0.3) is 0 Å². The first-order valence-electron chi connectivity index (χ1n) is 7.03. The minimum absolute atomic E-state index is 0.157. The second-order valence-electron chi connectivity index (χ2n) is 5.39. The van der Waals surface area contributed by atoms with Gasteiger partial charge in [-0.1, -0.05) is 13.8 Å². The Balaban J connectivity index is 3.31. The molecule has 0 unspecified atom stereocenters. The molecule has 0 aliphatic carbocycles. The molecule has 0 aliphatic heterocycles. The minimum atomic E-state index is -3.40. The van der Waals surface area contributed by atoms with Crippen molar-refractivity contribution in [3.63, 3.8) is 0 Å². The summed E-state index contributed by atoms with van der Waals surface area (Å²) in [6.07, 6.45) is 2.09. The van der Waals surface area contributed by atoms with E-state index in [-0.39, 0.29) is 10.7 Å². The molecule has 1 aromatic heterocycles. The van der Waals surface area contributed by atoms with Crippen LogP contribution in [0.4, 0.5) is 11.6 Å². The second kappa shape index (κ2) is 6.47. The summed E-state index contributed by atoms with van der Waals surface area (Å²) in [4.78, 5) is 2.07. The van der Waals surface area contributed by atoms with Crippen molar-refractivity contribution < 1.29 is 8.42 Å². The third-order valence-corrected chi connectivity index (χ3v) is 4.41. The van der Waals surface area contributed by atoms with Crippen LogP contribution in [0.15, 0.2) is 4.90 Å². The van der Waals surface area contributed by atoms with E-state index in [1.165, 1.54) is 6.26 Å².